The number of rotatable bonds is 8. The lowest BCUT2D eigenvalue weighted by atomic mass is 10.2. The number of amides is 1. The number of ether oxygens (including phenoxy) is 2. The van der Waals surface area contributed by atoms with E-state index >= 15 is 0 Å². The molecule has 0 unspecified atom stereocenters. The van der Waals surface area contributed by atoms with Gasteiger partial charge in [0.1, 0.15) is 5.75 Å². The number of nitrogens with zero attached hydrogens (tertiary/aromatic N) is 1. The summed E-state index contributed by atoms with van der Waals surface area (Å²) in [6.07, 6.45) is 3.50. The number of anilines is 1. The molecule has 1 atom stereocenters. The minimum atomic E-state index is -3.69. The summed E-state index contributed by atoms with van der Waals surface area (Å²) in [5, 5.41) is 2.85. The van der Waals surface area contributed by atoms with E-state index < -0.39 is 10.0 Å². The molecule has 1 saturated heterocycles. The molecule has 2 N–H and O–H groups in total. The molecule has 1 amide bonds. The van der Waals surface area contributed by atoms with Gasteiger partial charge in [0.15, 0.2) is 0 Å². The minimum Gasteiger partial charge on any atom is -0.439 e. The molecule has 0 radical (unpaired) electrons. The van der Waals surface area contributed by atoms with Crippen LogP contribution in [0.4, 0.5) is 5.69 Å². The number of hydrogen-bond acceptors (Lipinski definition) is 6. The van der Waals surface area contributed by atoms with Gasteiger partial charge in [0.25, 0.3) is 15.9 Å². The number of sulfonamides is 1. The molecule has 0 spiro atoms. The van der Waals surface area contributed by atoms with Crippen molar-refractivity contribution >= 4 is 21.6 Å². The topological polar surface area (TPSA) is 107 Å². The lowest BCUT2D eigenvalue weighted by Gasteiger charge is -2.11. The van der Waals surface area contributed by atoms with Crippen molar-refractivity contribution in [3.8, 4) is 11.6 Å². The first kappa shape index (κ1) is 22.8. The molecule has 0 aliphatic carbocycles. The fraction of sp³-hybridized carbons (Fsp3) is 0.250. The predicted molar refractivity (Wildman–Crippen MR) is 124 cm³/mol. The third-order valence-electron chi connectivity index (χ3n) is 5.22. The first-order valence-electron chi connectivity index (χ1n) is 10.6. The lowest BCUT2D eigenvalue weighted by molar-refractivity contribution is 0.0857. The van der Waals surface area contributed by atoms with Gasteiger partial charge in [-0.15, -0.1) is 0 Å². The highest BCUT2D eigenvalue weighted by molar-refractivity contribution is 7.92. The monoisotopic (exact) mass is 467 g/mol. The van der Waals surface area contributed by atoms with Gasteiger partial charge in [0.05, 0.1) is 16.6 Å². The Hall–Kier alpha value is -3.43. The number of hydrogen-bond donors (Lipinski definition) is 2. The summed E-state index contributed by atoms with van der Waals surface area (Å²) in [5.74, 6) is 0.589. The van der Waals surface area contributed by atoms with E-state index in [1.54, 1.807) is 67.6 Å². The number of pyridine rings is 1. The first-order valence-corrected chi connectivity index (χ1v) is 12.1. The van der Waals surface area contributed by atoms with E-state index in [-0.39, 0.29) is 16.9 Å². The fourth-order valence-corrected chi connectivity index (χ4v) is 4.77. The molecule has 0 saturated carbocycles. The fourth-order valence-electron chi connectivity index (χ4n) is 3.47. The zero-order valence-corrected chi connectivity index (χ0v) is 19.0. The van der Waals surface area contributed by atoms with Crippen LogP contribution in [0, 0.1) is 6.92 Å². The van der Waals surface area contributed by atoms with Crippen LogP contribution in [0.25, 0.3) is 0 Å². The average molecular weight is 468 g/mol. The van der Waals surface area contributed by atoms with Crippen LogP contribution in [0.5, 0.6) is 11.6 Å². The number of benzene rings is 2. The summed E-state index contributed by atoms with van der Waals surface area (Å²) in [6.45, 7) is 2.97. The van der Waals surface area contributed by atoms with Gasteiger partial charge in [-0.25, -0.2) is 13.4 Å². The second kappa shape index (κ2) is 10.0. The summed E-state index contributed by atoms with van der Waals surface area (Å²) < 4.78 is 39.0. The second-order valence-corrected chi connectivity index (χ2v) is 9.38. The summed E-state index contributed by atoms with van der Waals surface area (Å²) in [4.78, 5) is 16.7. The third kappa shape index (κ3) is 5.88. The zero-order valence-electron chi connectivity index (χ0n) is 18.2. The number of aromatic nitrogens is 1. The van der Waals surface area contributed by atoms with E-state index in [0.717, 1.165) is 19.4 Å². The second-order valence-electron chi connectivity index (χ2n) is 7.73. The van der Waals surface area contributed by atoms with Gasteiger partial charge in [-0.3, -0.25) is 9.52 Å². The molecule has 8 nitrogen and oxygen atoms in total. The normalized spacial score (nSPS) is 15.7. The standard InChI is InChI=1S/C24H25N3O5S/c1-17-5-2-3-7-22(17)33(29,30)27-19-9-11-20(12-10-19)32-23-13-8-18(15-25-23)24(28)26-16-21-6-4-14-31-21/h2-3,5,7-13,15,21,27H,4,6,14,16H2,1H3,(H,26,28)/t21-/m1/s1. The quantitative estimate of drug-likeness (QED) is 0.521. The van der Waals surface area contributed by atoms with E-state index in [2.05, 4.69) is 15.0 Å². The summed E-state index contributed by atoms with van der Waals surface area (Å²) in [7, 11) is -3.69. The van der Waals surface area contributed by atoms with E-state index in [0.29, 0.717) is 35.0 Å². The molecule has 1 aromatic heterocycles. The molecule has 3 aromatic rings. The van der Waals surface area contributed by atoms with Crippen LogP contribution >= 0.6 is 0 Å². The number of carbonyl (C=O) groups is 1. The molecule has 9 heteroatoms. The Balaban J connectivity index is 1.34. The van der Waals surface area contributed by atoms with E-state index in [4.69, 9.17) is 9.47 Å². The molecule has 172 valence electrons. The minimum absolute atomic E-state index is 0.0775. The van der Waals surface area contributed by atoms with Crippen LogP contribution in [0.3, 0.4) is 0 Å². The molecule has 1 aliphatic rings. The summed E-state index contributed by atoms with van der Waals surface area (Å²) in [5.41, 5.74) is 1.51. The molecule has 2 aromatic carbocycles. The van der Waals surface area contributed by atoms with Gasteiger partial charge in [0.2, 0.25) is 5.88 Å². The molecular weight excluding hydrogens is 442 g/mol. The van der Waals surface area contributed by atoms with Crippen molar-refractivity contribution < 1.29 is 22.7 Å². The van der Waals surface area contributed by atoms with Gasteiger partial charge < -0.3 is 14.8 Å². The Morgan fingerprint density at radius 3 is 2.58 bits per heavy atom. The van der Waals surface area contributed by atoms with E-state index in [1.165, 1.54) is 6.20 Å². The third-order valence-corrected chi connectivity index (χ3v) is 6.77. The highest BCUT2D eigenvalue weighted by Crippen LogP contribution is 2.24. The number of carbonyl (C=O) groups excluding carboxylic acids is 1. The zero-order chi connectivity index (χ0) is 23.3. The Bertz CT molecular complexity index is 1210. The van der Waals surface area contributed by atoms with Gasteiger partial charge in [-0.05, 0) is 61.7 Å². The largest absolute Gasteiger partial charge is 0.439 e. The van der Waals surface area contributed by atoms with Gasteiger partial charge >= 0.3 is 0 Å². The SMILES string of the molecule is Cc1ccccc1S(=O)(=O)Nc1ccc(Oc2ccc(C(=O)NC[C@H]3CCCO3)cn2)cc1. The van der Waals surface area contributed by atoms with E-state index in [1.807, 2.05) is 0 Å². The molecular formula is C24H25N3O5S. The summed E-state index contributed by atoms with van der Waals surface area (Å²) in [6, 6.07) is 16.5. The number of aryl methyl sites for hydroxylation is 1. The molecule has 4 rings (SSSR count). The van der Waals surface area contributed by atoms with Crippen molar-refractivity contribution in [3.63, 3.8) is 0 Å². The van der Waals surface area contributed by atoms with Gasteiger partial charge in [0, 0.05) is 31.1 Å². The van der Waals surface area contributed by atoms with Crippen molar-refractivity contribution in [2.45, 2.75) is 30.8 Å². The van der Waals surface area contributed by atoms with Crippen LogP contribution in [0.15, 0.2) is 71.8 Å². The van der Waals surface area contributed by atoms with Crippen LogP contribution in [0.2, 0.25) is 0 Å². The van der Waals surface area contributed by atoms with E-state index in [9.17, 15) is 13.2 Å². The van der Waals surface area contributed by atoms with Crippen molar-refractivity contribution in [3.05, 3.63) is 78.0 Å². The Kier molecular flexibility index (Phi) is 6.90. The Labute approximate surface area is 193 Å². The van der Waals surface area contributed by atoms with Crippen molar-refractivity contribution in [2.75, 3.05) is 17.9 Å². The highest BCUT2D eigenvalue weighted by Gasteiger charge is 2.18. The molecule has 2 heterocycles. The van der Waals surface area contributed by atoms with Crippen molar-refractivity contribution in [2.24, 2.45) is 0 Å². The molecule has 1 aliphatic heterocycles. The van der Waals surface area contributed by atoms with Crippen LogP contribution in [0.1, 0.15) is 28.8 Å². The maximum absolute atomic E-state index is 12.6. The molecule has 1 fully saturated rings. The Morgan fingerprint density at radius 1 is 1.12 bits per heavy atom. The van der Waals surface area contributed by atoms with Crippen LogP contribution in [-0.4, -0.2) is 38.6 Å². The smallest absolute Gasteiger partial charge is 0.262 e. The Morgan fingerprint density at radius 2 is 1.91 bits per heavy atom. The highest BCUT2D eigenvalue weighted by atomic mass is 32.2. The number of nitrogens with one attached hydrogen (secondary N) is 2. The van der Waals surface area contributed by atoms with Crippen molar-refractivity contribution in [1.82, 2.24) is 10.3 Å². The average Bonchev–Trinajstić information content (AvgIpc) is 3.33. The predicted octanol–water partition coefficient (Wildman–Crippen LogP) is 3.89. The van der Waals surface area contributed by atoms with Gasteiger partial charge in [-0.2, -0.15) is 0 Å². The van der Waals surface area contributed by atoms with Crippen molar-refractivity contribution in [1.29, 1.82) is 0 Å². The maximum Gasteiger partial charge on any atom is 0.262 e. The first-order chi connectivity index (χ1) is 15.9. The molecule has 33 heavy (non-hydrogen) atoms. The summed E-state index contributed by atoms with van der Waals surface area (Å²) >= 11 is 0. The molecule has 0 bridgehead atoms. The maximum atomic E-state index is 12.6. The van der Waals surface area contributed by atoms with Crippen LogP contribution in [-0.2, 0) is 14.8 Å². The van der Waals surface area contributed by atoms with Gasteiger partial charge in [-0.1, -0.05) is 18.2 Å². The van der Waals surface area contributed by atoms with Crippen LogP contribution < -0.4 is 14.8 Å². The lowest BCUT2D eigenvalue weighted by Crippen LogP contribution is -2.31.